The summed E-state index contributed by atoms with van der Waals surface area (Å²) in [6.07, 6.45) is 1.05. The lowest BCUT2D eigenvalue weighted by Gasteiger charge is -2.13. The molecule has 20 heavy (non-hydrogen) atoms. The van der Waals surface area contributed by atoms with E-state index >= 15 is 0 Å². The van der Waals surface area contributed by atoms with Crippen LogP contribution in [0.2, 0.25) is 0 Å². The third-order valence-corrected chi connectivity index (χ3v) is 3.90. The first-order valence-electron chi connectivity index (χ1n) is 6.97. The number of hydrogen-bond donors (Lipinski definition) is 0. The lowest BCUT2D eigenvalue weighted by molar-refractivity contribution is 0.603. The van der Waals surface area contributed by atoms with Crippen molar-refractivity contribution in [2.45, 2.75) is 32.6 Å². The molecule has 0 aromatic heterocycles. The number of alkyl halides is 1. The van der Waals surface area contributed by atoms with Gasteiger partial charge < -0.3 is 0 Å². The fourth-order valence-electron chi connectivity index (χ4n) is 2.34. The van der Waals surface area contributed by atoms with Crippen molar-refractivity contribution in [3.63, 3.8) is 0 Å². The van der Waals surface area contributed by atoms with Gasteiger partial charge in [-0.25, -0.2) is 4.39 Å². The van der Waals surface area contributed by atoms with Gasteiger partial charge >= 0.3 is 0 Å². The van der Waals surface area contributed by atoms with Gasteiger partial charge in [-0.2, -0.15) is 0 Å². The SMILES string of the molecule is Cc1cccc(C(Cl)c2ccc(CC(C)C)cc2)c1F. The molecule has 2 rings (SSSR count). The fourth-order valence-corrected chi connectivity index (χ4v) is 2.65. The molecule has 0 saturated heterocycles. The van der Waals surface area contributed by atoms with Crippen molar-refractivity contribution in [1.29, 1.82) is 0 Å². The summed E-state index contributed by atoms with van der Waals surface area (Å²) in [5.74, 6) is 0.417. The van der Waals surface area contributed by atoms with Crippen LogP contribution in [0.1, 0.15) is 41.5 Å². The average molecular weight is 291 g/mol. The Hall–Kier alpha value is -1.34. The Kier molecular flexibility index (Phi) is 4.82. The first-order valence-corrected chi connectivity index (χ1v) is 7.40. The molecule has 2 heteroatoms. The van der Waals surface area contributed by atoms with Crippen LogP contribution >= 0.6 is 11.6 Å². The zero-order valence-corrected chi connectivity index (χ0v) is 12.9. The van der Waals surface area contributed by atoms with E-state index in [-0.39, 0.29) is 5.82 Å². The van der Waals surface area contributed by atoms with Crippen LogP contribution in [0, 0.1) is 18.7 Å². The first kappa shape index (κ1) is 15.1. The fraction of sp³-hybridized carbons (Fsp3) is 0.333. The minimum Gasteiger partial charge on any atom is -0.206 e. The van der Waals surface area contributed by atoms with E-state index in [0.717, 1.165) is 12.0 Å². The summed E-state index contributed by atoms with van der Waals surface area (Å²) in [5.41, 5.74) is 3.40. The molecule has 2 aromatic rings. The molecule has 0 amide bonds. The average Bonchev–Trinajstić information content (AvgIpc) is 2.41. The van der Waals surface area contributed by atoms with Crippen molar-refractivity contribution < 1.29 is 4.39 Å². The second-order valence-electron chi connectivity index (χ2n) is 5.68. The zero-order valence-electron chi connectivity index (χ0n) is 12.2. The number of rotatable bonds is 4. The highest BCUT2D eigenvalue weighted by Gasteiger charge is 2.16. The van der Waals surface area contributed by atoms with Gasteiger partial charge in [0.05, 0.1) is 5.38 Å². The van der Waals surface area contributed by atoms with Crippen molar-refractivity contribution in [1.82, 2.24) is 0 Å². The van der Waals surface area contributed by atoms with Crippen LogP contribution in [0.5, 0.6) is 0 Å². The molecule has 106 valence electrons. The number of aryl methyl sites for hydroxylation is 1. The Morgan fingerprint density at radius 1 is 1.05 bits per heavy atom. The van der Waals surface area contributed by atoms with E-state index < -0.39 is 5.38 Å². The van der Waals surface area contributed by atoms with Crippen molar-refractivity contribution in [3.8, 4) is 0 Å². The molecular formula is C18H20ClF. The molecule has 0 aliphatic carbocycles. The van der Waals surface area contributed by atoms with Crippen LogP contribution in [0.4, 0.5) is 4.39 Å². The standard InChI is InChI=1S/C18H20ClF/c1-12(2)11-14-7-9-15(10-8-14)17(19)16-6-4-5-13(3)18(16)20/h4-10,12,17H,11H2,1-3H3. The van der Waals surface area contributed by atoms with Crippen molar-refractivity contribution in [3.05, 3.63) is 70.5 Å². The van der Waals surface area contributed by atoms with Gasteiger partial charge in [0.25, 0.3) is 0 Å². The molecule has 2 aromatic carbocycles. The third-order valence-electron chi connectivity index (χ3n) is 3.41. The summed E-state index contributed by atoms with van der Waals surface area (Å²) in [6.45, 7) is 6.15. The Labute approximate surface area is 125 Å². The van der Waals surface area contributed by atoms with Crippen LogP contribution in [-0.2, 0) is 6.42 Å². The summed E-state index contributed by atoms with van der Waals surface area (Å²) in [5, 5.41) is -0.442. The van der Waals surface area contributed by atoms with Crippen LogP contribution in [0.15, 0.2) is 42.5 Å². The number of hydrogen-bond acceptors (Lipinski definition) is 0. The molecule has 0 heterocycles. The quantitative estimate of drug-likeness (QED) is 0.637. The van der Waals surface area contributed by atoms with Crippen molar-refractivity contribution >= 4 is 11.6 Å². The van der Waals surface area contributed by atoms with Gasteiger partial charge in [-0.15, -0.1) is 11.6 Å². The summed E-state index contributed by atoms with van der Waals surface area (Å²) >= 11 is 6.43. The molecule has 0 saturated carbocycles. The maximum Gasteiger partial charge on any atom is 0.131 e. The van der Waals surface area contributed by atoms with Crippen LogP contribution in [-0.4, -0.2) is 0 Å². The Balaban J connectivity index is 2.25. The van der Waals surface area contributed by atoms with Gasteiger partial charge in [-0.3, -0.25) is 0 Å². The Morgan fingerprint density at radius 2 is 1.70 bits per heavy atom. The third kappa shape index (κ3) is 3.40. The maximum absolute atomic E-state index is 14.1. The molecule has 0 radical (unpaired) electrons. The molecule has 0 nitrogen and oxygen atoms in total. The normalized spacial score (nSPS) is 12.7. The van der Waals surface area contributed by atoms with E-state index in [9.17, 15) is 4.39 Å². The van der Waals surface area contributed by atoms with Gasteiger partial charge in [0.1, 0.15) is 5.82 Å². The summed E-state index contributed by atoms with van der Waals surface area (Å²) in [7, 11) is 0. The second-order valence-corrected chi connectivity index (χ2v) is 6.12. The largest absolute Gasteiger partial charge is 0.206 e. The van der Waals surface area contributed by atoms with Gasteiger partial charge in [-0.05, 0) is 36.0 Å². The highest BCUT2D eigenvalue weighted by atomic mass is 35.5. The van der Waals surface area contributed by atoms with E-state index in [0.29, 0.717) is 17.0 Å². The Morgan fingerprint density at radius 3 is 2.30 bits per heavy atom. The molecule has 0 spiro atoms. The predicted octanol–water partition coefficient (Wildman–Crippen LogP) is 5.66. The molecule has 0 aliphatic heterocycles. The van der Waals surface area contributed by atoms with Crippen LogP contribution in [0.3, 0.4) is 0 Å². The monoisotopic (exact) mass is 290 g/mol. The van der Waals surface area contributed by atoms with Gasteiger partial charge in [0, 0.05) is 5.56 Å². The van der Waals surface area contributed by atoms with Crippen molar-refractivity contribution in [2.24, 2.45) is 5.92 Å². The van der Waals surface area contributed by atoms with Crippen LogP contribution in [0.25, 0.3) is 0 Å². The molecule has 0 N–H and O–H groups in total. The van der Waals surface area contributed by atoms with E-state index in [4.69, 9.17) is 11.6 Å². The summed E-state index contributed by atoms with van der Waals surface area (Å²) in [6, 6.07) is 13.5. The van der Waals surface area contributed by atoms with Gasteiger partial charge in [0.15, 0.2) is 0 Å². The number of halogens is 2. The minimum atomic E-state index is -0.442. The second kappa shape index (κ2) is 6.41. The Bertz CT molecular complexity index is 572. The van der Waals surface area contributed by atoms with Crippen LogP contribution < -0.4 is 0 Å². The molecular weight excluding hydrogens is 271 g/mol. The van der Waals surface area contributed by atoms with Gasteiger partial charge in [0.2, 0.25) is 0 Å². The molecule has 0 bridgehead atoms. The molecule has 0 fully saturated rings. The topological polar surface area (TPSA) is 0 Å². The molecule has 1 atom stereocenters. The summed E-state index contributed by atoms with van der Waals surface area (Å²) < 4.78 is 14.1. The number of benzene rings is 2. The van der Waals surface area contributed by atoms with E-state index in [1.165, 1.54) is 5.56 Å². The van der Waals surface area contributed by atoms with Crippen molar-refractivity contribution in [2.75, 3.05) is 0 Å². The van der Waals surface area contributed by atoms with Gasteiger partial charge in [-0.1, -0.05) is 56.3 Å². The van der Waals surface area contributed by atoms with E-state index in [1.807, 2.05) is 18.2 Å². The molecule has 1 unspecified atom stereocenters. The minimum absolute atomic E-state index is 0.209. The predicted molar refractivity (Wildman–Crippen MR) is 83.8 cm³/mol. The van der Waals surface area contributed by atoms with E-state index in [1.54, 1.807) is 19.1 Å². The summed E-state index contributed by atoms with van der Waals surface area (Å²) in [4.78, 5) is 0. The molecule has 0 aliphatic rings. The lowest BCUT2D eigenvalue weighted by Crippen LogP contribution is -2.00. The first-order chi connectivity index (χ1) is 9.49. The highest BCUT2D eigenvalue weighted by Crippen LogP contribution is 2.31. The maximum atomic E-state index is 14.1. The smallest absolute Gasteiger partial charge is 0.131 e. The lowest BCUT2D eigenvalue weighted by atomic mass is 9.98. The highest BCUT2D eigenvalue weighted by molar-refractivity contribution is 6.22. The van der Waals surface area contributed by atoms with E-state index in [2.05, 4.69) is 26.0 Å². The zero-order chi connectivity index (χ0) is 14.7.